The maximum absolute atomic E-state index is 14.4. The number of fused-ring (bicyclic) bond motifs is 1. The van der Waals surface area contributed by atoms with Crippen molar-refractivity contribution in [2.45, 2.75) is 51.5 Å². The summed E-state index contributed by atoms with van der Waals surface area (Å²) in [4.78, 5) is 30.7. The Morgan fingerprint density at radius 1 is 0.927 bits per heavy atom. The Bertz CT molecular complexity index is 1480. The lowest BCUT2D eigenvalue weighted by molar-refractivity contribution is -0.117. The number of carbonyl (C=O) groups is 2. The number of anilines is 4. The molecule has 1 saturated heterocycles. The van der Waals surface area contributed by atoms with Gasteiger partial charge in [-0.15, -0.1) is 0 Å². The molecular weight excluding hydrogens is 514 g/mol. The first-order chi connectivity index (χ1) is 20.0. The predicted octanol–water partition coefficient (Wildman–Crippen LogP) is 6.18. The van der Waals surface area contributed by atoms with Crippen molar-refractivity contribution in [1.29, 1.82) is 5.41 Å². The minimum Gasteiger partial charge on any atom is -0.370 e. The van der Waals surface area contributed by atoms with E-state index in [0.29, 0.717) is 30.9 Å². The minimum absolute atomic E-state index is 0.127. The largest absolute Gasteiger partial charge is 0.370 e. The molecule has 0 aromatic heterocycles. The molecule has 6 rings (SSSR count). The van der Waals surface area contributed by atoms with Crippen LogP contribution in [0.5, 0.6) is 0 Å². The van der Waals surface area contributed by atoms with Crippen molar-refractivity contribution in [2.24, 2.45) is 16.8 Å². The van der Waals surface area contributed by atoms with Gasteiger partial charge in [0.15, 0.2) is 5.96 Å². The highest BCUT2D eigenvalue weighted by Gasteiger charge is 2.35. The fraction of sp³-hybridized carbons (Fsp3) is 0.312. The molecule has 41 heavy (non-hydrogen) atoms. The first kappa shape index (κ1) is 26.6. The van der Waals surface area contributed by atoms with E-state index >= 15 is 0 Å². The summed E-state index contributed by atoms with van der Waals surface area (Å²) in [5.41, 5.74) is 11.2. The number of urea groups is 1. The van der Waals surface area contributed by atoms with Gasteiger partial charge in [0, 0.05) is 35.8 Å². The molecule has 2 fully saturated rings. The van der Waals surface area contributed by atoms with Gasteiger partial charge in [-0.05, 0) is 67.3 Å². The third-order valence-electron chi connectivity index (χ3n) is 8.09. The molecule has 9 heteroatoms. The standard InChI is InChI=1S/C32H35N7O2/c33-31(34)35-24-13-15-25(16-14-24)39-28-18-17-26(37-19-7-12-29(37)40)20-27(28)30(23-10-5-2-6-11-23)36-38(32(39)41)21-22-8-3-1-4-9-22/h1,3-4,8-9,13-18,20,23H,2,5-7,10-12,19,21H2,(H4,33,34,35). The van der Waals surface area contributed by atoms with Crippen LogP contribution >= 0.6 is 0 Å². The van der Waals surface area contributed by atoms with Gasteiger partial charge in [-0.3, -0.25) is 15.1 Å². The van der Waals surface area contributed by atoms with E-state index in [1.54, 1.807) is 22.0 Å². The molecule has 0 atom stereocenters. The van der Waals surface area contributed by atoms with Gasteiger partial charge in [-0.2, -0.15) is 5.10 Å². The highest BCUT2D eigenvalue weighted by atomic mass is 16.2. The lowest BCUT2D eigenvalue weighted by Gasteiger charge is -2.28. The van der Waals surface area contributed by atoms with E-state index in [9.17, 15) is 9.59 Å². The molecule has 3 aromatic carbocycles. The number of nitrogens with two attached hydrogens (primary N) is 1. The van der Waals surface area contributed by atoms with E-state index in [-0.39, 0.29) is 23.8 Å². The van der Waals surface area contributed by atoms with Crippen LogP contribution < -0.4 is 20.9 Å². The lowest BCUT2D eigenvalue weighted by atomic mass is 9.82. The third-order valence-corrected chi connectivity index (χ3v) is 8.09. The summed E-state index contributed by atoms with van der Waals surface area (Å²) in [5.74, 6) is 0.194. The van der Waals surface area contributed by atoms with Gasteiger partial charge in [0.05, 0.1) is 23.6 Å². The van der Waals surface area contributed by atoms with Crippen molar-refractivity contribution < 1.29 is 9.59 Å². The van der Waals surface area contributed by atoms with Gasteiger partial charge >= 0.3 is 6.03 Å². The Hall–Kier alpha value is -4.66. The van der Waals surface area contributed by atoms with Crippen LogP contribution in [0.25, 0.3) is 0 Å². The Balaban J connectivity index is 1.50. The maximum atomic E-state index is 14.4. The number of benzene rings is 3. The molecule has 0 spiro atoms. The molecule has 3 amide bonds. The fourth-order valence-electron chi connectivity index (χ4n) is 6.09. The highest BCUT2D eigenvalue weighted by molar-refractivity contribution is 6.15. The summed E-state index contributed by atoms with van der Waals surface area (Å²) in [6.07, 6.45) is 6.90. The molecule has 0 unspecified atom stereocenters. The fourth-order valence-corrected chi connectivity index (χ4v) is 6.09. The Morgan fingerprint density at radius 3 is 2.34 bits per heavy atom. The average molecular weight is 550 g/mol. The number of carbonyl (C=O) groups excluding carboxylic acids is 2. The van der Waals surface area contributed by atoms with Crippen LogP contribution in [0, 0.1) is 11.3 Å². The Labute approximate surface area is 240 Å². The Kier molecular flexibility index (Phi) is 7.41. The number of hydrazone groups is 1. The van der Waals surface area contributed by atoms with Crippen molar-refractivity contribution >= 4 is 46.4 Å². The monoisotopic (exact) mass is 549 g/mol. The van der Waals surface area contributed by atoms with Crippen LogP contribution in [-0.4, -0.2) is 35.2 Å². The van der Waals surface area contributed by atoms with Crippen LogP contribution in [0.2, 0.25) is 0 Å². The van der Waals surface area contributed by atoms with Crippen LogP contribution in [0.1, 0.15) is 56.1 Å². The van der Waals surface area contributed by atoms with Crippen molar-refractivity contribution in [3.8, 4) is 0 Å². The predicted molar refractivity (Wildman–Crippen MR) is 163 cm³/mol. The van der Waals surface area contributed by atoms with E-state index in [4.69, 9.17) is 16.2 Å². The minimum atomic E-state index is -0.252. The molecule has 9 nitrogen and oxygen atoms in total. The number of hydrogen-bond donors (Lipinski definition) is 3. The lowest BCUT2D eigenvalue weighted by Crippen LogP contribution is -2.37. The molecular formula is C32H35N7O2. The van der Waals surface area contributed by atoms with Crippen molar-refractivity contribution in [3.63, 3.8) is 0 Å². The van der Waals surface area contributed by atoms with E-state index in [2.05, 4.69) is 11.4 Å². The number of rotatable bonds is 6. The molecule has 2 aliphatic heterocycles. The second-order valence-corrected chi connectivity index (χ2v) is 10.9. The maximum Gasteiger partial charge on any atom is 0.349 e. The topological polar surface area (TPSA) is 118 Å². The quantitative estimate of drug-likeness (QED) is 0.251. The van der Waals surface area contributed by atoms with E-state index < -0.39 is 0 Å². The van der Waals surface area contributed by atoms with Crippen LogP contribution in [0.4, 0.5) is 27.5 Å². The van der Waals surface area contributed by atoms with Crippen molar-refractivity contribution in [3.05, 3.63) is 83.9 Å². The smallest absolute Gasteiger partial charge is 0.349 e. The summed E-state index contributed by atoms with van der Waals surface area (Å²) in [6.45, 7) is 1.03. The second kappa shape index (κ2) is 11.4. The zero-order chi connectivity index (χ0) is 28.3. The molecule has 3 aromatic rings. The van der Waals surface area contributed by atoms with Gasteiger partial charge in [-0.25, -0.2) is 9.80 Å². The van der Waals surface area contributed by atoms with E-state index in [0.717, 1.165) is 60.3 Å². The number of nitrogens with zero attached hydrogens (tertiary/aromatic N) is 4. The summed E-state index contributed by atoms with van der Waals surface area (Å²) < 4.78 is 0. The third kappa shape index (κ3) is 5.52. The van der Waals surface area contributed by atoms with Crippen molar-refractivity contribution in [1.82, 2.24) is 5.01 Å². The van der Waals surface area contributed by atoms with E-state index in [1.807, 2.05) is 59.5 Å². The zero-order valence-corrected chi connectivity index (χ0v) is 23.1. The summed E-state index contributed by atoms with van der Waals surface area (Å²) in [6, 6.07) is 22.9. The van der Waals surface area contributed by atoms with Crippen LogP contribution in [-0.2, 0) is 11.3 Å². The molecule has 4 N–H and O–H groups in total. The van der Waals surface area contributed by atoms with Gasteiger partial charge in [0.2, 0.25) is 5.91 Å². The Morgan fingerprint density at radius 2 is 1.66 bits per heavy atom. The normalized spacial score (nSPS) is 17.8. The average Bonchev–Trinajstić information content (AvgIpc) is 3.38. The van der Waals surface area contributed by atoms with Gasteiger partial charge in [-0.1, -0.05) is 49.6 Å². The molecule has 0 bridgehead atoms. The molecule has 1 saturated carbocycles. The molecule has 2 heterocycles. The summed E-state index contributed by atoms with van der Waals surface area (Å²) in [7, 11) is 0. The molecule has 210 valence electrons. The van der Waals surface area contributed by atoms with Crippen molar-refractivity contribution in [2.75, 3.05) is 21.7 Å². The first-order valence-electron chi connectivity index (χ1n) is 14.4. The molecule has 3 aliphatic rings. The van der Waals surface area contributed by atoms with Crippen LogP contribution in [0.15, 0.2) is 77.9 Å². The van der Waals surface area contributed by atoms with E-state index in [1.165, 1.54) is 6.42 Å². The second-order valence-electron chi connectivity index (χ2n) is 10.9. The highest BCUT2D eigenvalue weighted by Crippen LogP contribution is 2.40. The number of guanidine groups is 1. The van der Waals surface area contributed by atoms with Gasteiger partial charge < -0.3 is 16.0 Å². The summed E-state index contributed by atoms with van der Waals surface area (Å²) >= 11 is 0. The molecule has 1 aliphatic carbocycles. The first-order valence-corrected chi connectivity index (χ1v) is 14.4. The zero-order valence-electron chi connectivity index (χ0n) is 23.1. The molecule has 0 radical (unpaired) electrons. The SMILES string of the molecule is N=C(N)Nc1ccc(N2C(=O)N(Cc3ccccc3)N=C(C3CCCCC3)c3cc(N4CCCC4=O)ccc32)cc1. The van der Waals surface area contributed by atoms with Gasteiger partial charge in [0.1, 0.15) is 0 Å². The van der Waals surface area contributed by atoms with Gasteiger partial charge in [0.25, 0.3) is 0 Å². The number of amides is 3. The summed E-state index contributed by atoms with van der Waals surface area (Å²) in [5, 5.41) is 17.1. The number of nitrogens with one attached hydrogen (secondary N) is 2. The van der Waals surface area contributed by atoms with Crippen LogP contribution in [0.3, 0.4) is 0 Å². The number of hydrogen-bond acceptors (Lipinski definition) is 4.